The maximum atomic E-state index is 14.3. The first-order valence-corrected chi connectivity index (χ1v) is 13.2. The van der Waals surface area contributed by atoms with E-state index in [2.05, 4.69) is 6.07 Å². The molecule has 0 unspecified atom stereocenters. The third kappa shape index (κ3) is 3.33. The van der Waals surface area contributed by atoms with Crippen LogP contribution in [-0.2, 0) is 9.59 Å². The molecular weight excluding hydrogens is 504 g/mol. The van der Waals surface area contributed by atoms with Gasteiger partial charge in [-0.3, -0.25) is 14.4 Å². The number of hydrogen-bond acceptors (Lipinski definition) is 6. The summed E-state index contributed by atoms with van der Waals surface area (Å²) >= 11 is 0. The summed E-state index contributed by atoms with van der Waals surface area (Å²) in [7, 11) is 3.01. The number of anilines is 2. The third-order valence-electron chi connectivity index (χ3n) is 8.37. The molecule has 7 nitrogen and oxygen atoms in total. The lowest BCUT2D eigenvalue weighted by Gasteiger charge is -2.37. The summed E-state index contributed by atoms with van der Waals surface area (Å²) in [5.41, 5.74) is 2.64. The molecule has 0 saturated carbocycles. The maximum absolute atomic E-state index is 14.3. The van der Waals surface area contributed by atoms with E-state index in [4.69, 9.17) is 9.47 Å². The molecular formula is C33H26N2O5. The van der Waals surface area contributed by atoms with Gasteiger partial charge in [-0.15, -0.1) is 0 Å². The van der Waals surface area contributed by atoms with Gasteiger partial charge in [0.05, 0.1) is 37.8 Å². The molecule has 0 bridgehead atoms. The van der Waals surface area contributed by atoms with Crippen LogP contribution in [0.5, 0.6) is 11.5 Å². The van der Waals surface area contributed by atoms with E-state index in [1.54, 1.807) is 30.3 Å². The summed E-state index contributed by atoms with van der Waals surface area (Å²) in [6.45, 7) is 0. The Balaban J connectivity index is 1.41. The highest BCUT2D eigenvalue weighted by molar-refractivity contribution is 6.26. The number of imide groups is 1. The van der Waals surface area contributed by atoms with Crippen LogP contribution in [0.15, 0.2) is 91.0 Å². The van der Waals surface area contributed by atoms with Gasteiger partial charge < -0.3 is 14.4 Å². The van der Waals surface area contributed by atoms with E-state index < -0.39 is 29.8 Å². The van der Waals surface area contributed by atoms with Crippen LogP contribution >= 0.6 is 0 Å². The molecule has 4 aromatic carbocycles. The van der Waals surface area contributed by atoms with Crippen molar-refractivity contribution < 1.29 is 23.9 Å². The highest BCUT2D eigenvalue weighted by Crippen LogP contribution is 2.51. The number of Topliss-reactive ketones (excluding diaryl/α,β-unsaturated/α-hetero) is 1. The molecule has 0 aliphatic carbocycles. The van der Waals surface area contributed by atoms with Crippen LogP contribution in [0, 0.1) is 11.8 Å². The molecule has 198 valence electrons. The second-order valence-electron chi connectivity index (χ2n) is 10.3. The number of nitrogens with zero attached hydrogens (tertiary/aromatic N) is 2. The van der Waals surface area contributed by atoms with Crippen molar-refractivity contribution in [1.82, 2.24) is 0 Å². The summed E-state index contributed by atoms with van der Waals surface area (Å²) < 4.78 is 10.9. The highest BCUT2D eigenvalue weighted by Gasteiger charge is 2.64. The summed E-state index contributed by atoms with van der Waals surface area (Å²) in [5.74, 6) is -1.70. The standard InChI is InChI=1S/C33H26N2O5/c1-39-21-13-17-27(40-2)26(18-21)35-32(37)28-25-16-14-23-22-11-7-6-8-19(22)12-15-24(23)34(25)30(29(28)33(35)38)31(36)20-9-4-3-5-10-20/h3-18,25,28-30H,1-2H3/t25-,28+,29+,30+/m1/s1. The number of amides is 2. The van der Waals surface area contributed by atoms with Crippen LogP contribution in [0.2, 0.25) is 0 Å². The van der Waals surface area contributed by atoms with Gasteiger partial charge in [-0.2, -0.15) is 0 Å². The van der Waals surface area contributed by atoms with Crippen LogP contribution in [0.25, 0.3) is 16.8 Å². The van der Waals surface area contributed by atoms with Crippen molar-refractivity contribution >= 4 is 45.8 Å². The van der Waals surface area contributed by atoms with E-state index in [9.17, 15) is 14.4 Å². The minimum absolute atomic E-state index is 0.187. The first-order chi connectivity index (χ1) is 19.5. The second kappa shape index (κ2) is 9.09. The maximum Gasteiger partial charge on any atom is 0.240 e. The smallest absolute Gasteiger partial charge is 0.240 e. The van der Waals surface area contributed by atoms with Gasteiger partial charge in [-0.05, 0) is 29.0 Å². The van der Waals surface area contributed by atoms with Gasteiger partial charge >= 0.3 is 0 Å². The molecule has 3 aliphatic rings. The monoisotopic (exact) mass is 530 g/mol. The van der Waals surface area contributed by atoms with Crippen LogP contribution in [0.1, 0.15) is 15.9 Å². The molecule has 3 aliphatic heterocycles. The molecule has 7 rings (SSSR count). The van der Waals surface area contributed by atoms with Gasteiger partial charge in [0.15, 0.2) is 5.78 Å². The molecule has 0 radical (unpaired) electrons. The third-order valence-corrected chi connectivity index (χ3v) is 8.37. The lowest BCUT2D eigenvalue weighted by Crippen LogP contribution is -2.48. The molecule has 0 spiro atoms. The Bertz CT molecular complexity index is 1730. The number of fused-ring (bicyclic) bond motifs is 7. The van der Waals surface area contributed by atoms with E-state index in [0.717, 1.165) is 22.0 Å². The molecule has 4 atom stereocenters. The van der Waals surface area contributed by atoms with Crippen molar-refractivity contribution in [1.29, 1.82) is 0 Å². The summed E-state index contributed by atoms with van der Waals surface area (Å²) in [6, 6.07) is 24.8. The van der Waals surface area contributed by atoms with Crippen LogP contribution in [-0.4, -0.2) is 43.9 Å². The average Bonchev–Trinajstić information content (AvgIpc) is 3.48. The fourth-order valence-electron chi connectivity index (χ4n) is 6.61. The Morgan fingerprint density at radius 3 is 2.30 bits per heavy atom. The van der Waals surface area contributed by atoms with Gasteiger partial charge in [0, 0.05) is 22.9 Å². The summed E-state index contributed by atoms with van der Waals surface area (Å²) in [5, 5.41) is 2.14. The number of methoxy groups -OCH3 is 2. The Kier molecular flexibility index (Phi) is 5.49. The molecule has 0 N–H and O–H groups in total. The molecule has 2 fully saturated rings. The predicted molar refractivity (Wildman–Crippen MR) is 153 cm³/mol. The first kappa shape index (κ1) is 24.2. The molecule has 7 heteroatoms. The van der Waals surface area contributed by atoms with Crippen molar-refractivity contribution in [3.63, 3.8) is 0 Å². The lowest BCUT2D eigenvalue weighted by atomic mass is 9.86. The Labute approximate surface area is 231 Å². The zero-order chi connectivity index (χ0) is 27.5. The van der Waals surface area contributed by atoms with Crippen LogP contribution in [0.3, 0.4) is 0 Å². The number of carbonyl (C=O) groups excluding carboxylic acids is 3. The SMILES string of the molecule is COc1ccc(OC)c(N2C(=O)[C@@H]3[C@H](C2=O)[C@@H](C(=O)c2ccccc2)N2c4ccc5ccccc5c4C=C[C@H]32)c1. The van der Waals surface area contributed by atoms with Crippen molar-refractivity contribution in [2.24, 2.45) is 11.8 Å². The highest BCUT2D eigenvalue weighted by atomic mass is 16.5. The van der Waals surface area contributed by atoms with Gasteiger partial charge in [-0.1, -0.05) is 72.8 Å². The molecule has 2 saturated heterocycles. The minimum atomic E-state index is -0.872. The number of rotatable bonds is 5. The normalized spacial score (nSPS) is 22.8. The molecule has 0 aromatic heterocycles. The number of carbonyl (C=O) groups is 3. The Hall–Kier alpha value is -4.91. The fraction of sp³-hybridized carbons (Fsp3) is 0.182. The molecule has 4 aromatic rings. The van der Waals surface area contributed by atoms with Crippen molar-refractivity contribution in [3.8, 4) is 11.5 Å². The predicted octanol–water partition coefficient (Wildman–Crippen LogP) is 5.13. The fourth-order valence-corrected chi connectivity index (χ4v) is 6.61. The Morgan fingerprint density at radius 1 is 0.775 bits per heavy atom. The number of ketones is 1. The van der Waals surface area contributed by atoms with Gasteiger partial charge in [-0.25, -0.2) is 4.90 Å². The zero-order valence-electron chi connectivity index (χ0n) is 22.0. The summed E-state index contributed by atoms with van der Waals surface area (Å²) in [4.78, 5) is 45.9. The number of ether oxygens (including phenoxy) is 2. The van der Waals surface area contributed by atoms with E-state index in [1.165, 1.54) is 19.1 Å². The van der Waals surface area contributed by atoms with E-state index in [0.29, 0.717) is 22.7 Å². The van der Waals surface area contributed by atoms with Crippen molar-refractivity contribution in [2.75, 3.05) is 24.0 Å². The van der Waals surface area contributed by atoms with Crippen molar-refractivity contribution in [2.45, 2.75) is 12.1 Å². The van der Waals surface area contributed by atoms with E-state index in [1.807, 2.05) is 65.6 Å². The quantitative estimate of drug-likeness (QED) is 0.263. The molecule has 40 heavy (non-hydrogen) atoms. The average molecular weight is 531 g/mol. The zero-order valence-corrected chi connectivity index (χ0v) is 22.0. The largest absolute Gasteiger partial charge is 0.497 e. The molecule has 3 heterocycles. The number of benzene rings is 4. The summed E-state index contributed by atoms with van der Waals surface area (Å²) in [6.07, 6.45) is 4.00. The van der Waals surface area contributed by atoms with Gasteiger partial charge in [0.25, 0.3) is 0 Å². The topological polar surface area (TPSA) is 76.1 Å². The van der Waals surface area contributed by atoms with Crippen LogP contribution in [0.4, 0.5) is 11.4 Å². The van der Waals surface area contributed by atoms with Crippen molar-refractivity contribution in [3.05, 3.63) is 102 Å². The van der Waals surface area contributed by atoms with E-state index >= 15 is 0 Å². The minimum Gasteiger partial charge on any atom is -0.497 e. The van der Waals surface area contributed by atoms with Gasteiger partial charge in [0.2, 0.25) is 11.8 Å². The number of hydrogen-bond donors (Lipinski definition) is 0. The van der Waals surface area contributed by atoms with Crippen LogP contribution < -0.4 is 19.3 Å². The first-order valence-electron chi connectivity index (χ1n) is 13.2. The second-order valence-corrected chi connectivity index (χ2v) is 10.3. The molecule has 2 amide bonds. The lowest BCUT2D eigenvalue weighted by molar-refractivity contribution is -0.122. The van der Waals surface area contributed by atoms with E-state index in [-0.39, 0.29) is 11.7 Å². The van der Waals surface area contributed by atoms with Gasteiger partial charge in [0.1, 0.15) is 17.5 Å². The Morgan fingerprint density at radius 2 is 1.52 bits per heavy atom.